The van der Waals surface area contributed by atoms with Gasteiger partial charge in [0.1, 0.15) is 12.7 Å². The van der Waals surface area contributed by atoms with Crippen molar-refractivity contribution in [2.75, 3.05) is 0 Å². The van der Waals surface area contributed by atoms with Crippen molar-refractivity contribution < 1.29 is 0 Å². The van der Waals surface area contributed by atoms with Crippen molar-refractivity contribution in [3.63, 3.8) is 0 Å². The third kappa shape index (κ3) is 6.56. The van der Waals surface area contributed by atoms with Gasteiger partial charge in [0.15, 0.2) is 0 Å². The fraction of sp³-hybridized carbons (Fsp3) is 0. The predicted molar refractivity (Wildman–Crippen MR) is 248 cm³/mol. The van der Waals surface area contributed by atoms with Crippen molar-refractivity contribution in [3.8, 4) is 77.9 Å². The molecule has 4 heteroatoms. The molecule has 0 amide bonds. The van der Waals surface area contributed by atoms with Gasteiger partial charge in [-0.05, 0) is 148 Å². The average molecular weight is 765 g/mol. The van der Waals surface area contributed by atoms with Crippen LogP contribution in [0.1, 0.15) is 0 Å². The molecule has 11 rings (SSSR count). The lowest BCUT2D eigenvalue weighted by molar-refractivity contribution is 1.17. The lowest BCUT2D eigenvalue weighted by atomic mass is 9.89. The summed E-state index contributed by atoms with van der Waals surface area (Å²) in [4.78, 5) is 17.0. The van der Waals surface area contributed by atoms with Crippen LogP contribution in [0.2, 0.25) is 0 Å². The van der Waals surface area contributed by atoms with Gasteiger partial charge in [0.25, 0.3) is 0 Å². The third-order valence-corrected chi connectivity index (χ3v) is 11.6. The Hall–Kier alpha value is -8.08. The van der Waals surface area contributed by atoms with Gasteiger partial charge >= 0.3 is 0 Å². The maximum absolute atomic E-state index is 4.25. The molecule has 2 heterocycles. The first-order chi connectivity index (χ1) is 29.7. The van der Waals surface area contributed by atoms with Crippen LogP contribution in [0.4, 0.5) is 0 Å². The van der Waals surface area contributed by atoms with E-state index in [9.17, 15) is 0 Å². The number of hydrogen-bond acceptors (Lipinski definition) is 4. The molecule has 4 nitrogen and oxygen atoms in total. The molecule has 11 aromatic rings. The van der Waals surface area contributed by atoms with E-state index in [4.69, 9.17) is 0 Å². The first-order valence-corrected chi connectivity index (χ1v) is 20.1. The normalized spacial score (nSPS) is 11.3. The molecule has 0 radical (unpaired) electrons. The molecule has 0 unspecified atom stereocenters. The molecule has 280 valence electrons. The van der Waals surface area contributed by atoms with Gasteiger partial charge in [-0.1, -0.05) is 133 Å². The highest BCUT2D eigenvalue weighted by atomic mass is 14.8. The molecule has 0 saturated carbocycles. The smallest absolute Gasteiger partial charge is 0.115 e. The Morgan fingerprint density at radius 2 is 0.450 bits per heavy atom. The summed E-state index contributed by atoms with van der Waals surface area (Å²) in [5, 5.41) is 7.60. The summed E-state index contributed by atoms with van der Waals surface area (Å²) >= 11 is 0. The zero-order valence-corrected chi connectivity index (χ0v) is 32.6. The second-order valence-electron chi connectivity index (χ2n) is 15.2. The van der Waals surface area contributed by atoms with E-state index in [2.05, 4.69) is 202 Å². The number of benzene rings is 9. The second-order valence-corrected chi connectivity index (χ2v) is 15.2. The summed E-state index contributed by atoms with van der Waals surface area (Å²) in [6.07, 6.45) is 10.6. The van der Waals surface area contributed by atoms with Crippen molar-refractivity contribution in [1.82, 2.24) is 19.9 Å². The maximum atomic E-state index is 4.25. The minimum absolute atomic E-state index is 0.993. The lowest BCUT2D eigenvalue weighted by Crippen LogP contribution is -1.89. The molecular weight excluding hydrogens is 729 g/mol. The Kier molecular flexibility index (Phi) is 8.79. The number of nitrogens with zero attached hydrogens (tertiary/aromatic N) is 4. The van der Waals surface area contributed by atoms with Crippen molar-refractivity contribution in [1.29, 1.82) is 0 Å². The van der Waals surface area contributed by atoms with Gasteiger partial charge < -0.3 is 0 Å². The molecule has 0 aliphatic heterocycles. The molecule has 0 spiro atoms. The Morgan fingerprint density at radius 3 is 0.817 bits per heavy atom. The Bertz CT molecular complexity index is 3200. The van der Waals surface area contributed by atoms with E-state index in [0.717, 1.165) is 72.3 Å². The van der Waals surface area contributed by atoms with Gasteiger partial charge in [-0.15, -0.1) is 0 Å². The topological polar surface area (TPSA) is 51.6 Å². The van der Waals surface area contributed by atoms with Crippen molar-refractivity contribution >= 4 is 32.3 Å². The van der Waals surface area contributed by atoms with Gasteiger partial charge in [-0.25, -0.2) is 19.9 Å². The van der Waals surface area contributed by atoms with Crippen LogP contribution in [0.25, 0.3) is 110 Å². The molecule has 0 N–H and O–H groups in total. The summed E-state index contributed by atoms with van der Waals surface area (Å²) in [6.45, 7) is 0. The van der Waals surface area contributed by atoms with Crippen LogP contribution in [-0.4, -0.2) is 19.9 Å². The van der Waals surface area contributed by atoms with Gasteiger partial charge in [0, 0.05) is 35.9 Å². The van der Waals surface area contributed by atoms with Crippen LogP contribution >= 0.6 is 0 Å². The first-order valence-electron chi connectivity index (χ1n) is 20.1. The number of hydrogen-bond donors (Lipinski definition) is 0. The minimum Gasteiger partial charge on any atom is -0.244 e. The molecule has 0 fully saturated rings. The van der Waals surface area contributed by atoms with Crippen LogP contribution < -0.4 is 0 Å². The van der Waals surface area contributed by atoms with Crippen molar-refractivity contribution in [2.24, 2.45) is 0 Å². The zero-order valence-electron chi connectivity index (χ0n) is 32.6. The number of fused-ring (bicyclic) bond motifs is 6. The highest BCUT2D eigenvalue weighted by Gasteiger charge is 2.14. The molecule has 60 heavy (non-hydrogen) atoms. The fourth-order valence-electron chi connectivity index (χ4n) is 8.62. The standard InChI is InChI=1S/C56H36N4/c1-2-19-53-51(17-1)52-18-3-4-20-54(52)56-30-45(21-22-55(53)56)48-28-46(41-13-5-9-37(23-41)39-11-7-15-43(25-39)49-31-57-35-58-32-49)27-47(29-48)42-14-6-10-38(24-42)40-12-8-16-44(26-40)50-33-59-36-60-34-50/h1-36H. The van der Waals surface area contributed by atoms with Crippen molar-refractivity contribution in [3.05, 3.63) is 219 Å². The highest BCUT2D eigenvalue weighted by molar-refractivity contribution is 6.25. The number of aromatic nitrogens is 4. The summed E-state index contributed by atoms with van der Waals surface area (Å²) in [7, 11) is 0. The van der Waals surface area contributed by atoms with E-state index in [1.54, 1.807) is 12.7 Å². The molecule has 0 aliphatic carbocycles. The molecule has 9 aromatic carbocycles. The largest absolute Gasteiger partial charge is 0.244 e. The lowest BCUT2D eigenvalue weighted by Gasteiger charge is -2.15. The van der Waals surface area contributed by atoms with Crippen LogP contribution in [-0.2, 0) is 0 Å². The fourth-order valence-corrected chi connectivity index (χ4v) is 8.62. The molecule has 2 aromatic heterocycles. The maximum Gasteiger partial charge on any atom is 0.115 e. The average Bonchev–Trinajstić information content (AvgIpc) is 3.34. The predicted octanol–water partition coefficient (Wildman–Crippen LogP) is 14.4. The molecule has 0 aliphatic rings. The Morgan fingerprint density at radius 1 is 0.183 bits per heavy atom. The summed E-state index contributed by atoms with van der Waals surface area (Å²) in [5.41, 5.74) is 15.7. The summed E-state index contributed by atoms with van der Waals surface area (Å²) in [6, 6.07) is 66.5. The van der Waals surface area contributed by atoms with Gasteiger partial charge in [-0.3, -0.25) is 0 Å². The minimum atomic E-state index is 0.993. The van der Waals surface area contributed by atoms with E-state index in [1.165, 1.54) is 37.9 Å². The van der Waals surface area contributed by atoms with Gasteiger partial charge in [0.2, 0.25) is 0 Å². The Labute approximate surface area is 348 Å². The quantitative estimate of drug-likeness (QED) is 0.152. The summed E-state index contributed by atoms with van der Waals surface area (Å²) in [5.74, 6) is 0. The number of rotatable bonds is 7. The highest BCUT2D eigenvalue weighted by Crippen LogP contribution is 2.40. The van der Waals surface area contributed by atoms with Gasteiger partial charge in [0.05, 0.1) is 0 Å². The molecule has 0 atom stereocenters. The van der Waals surface area contributed by atoms with E-state index in [1.807, 2.05) is 24.8 Å². The van der Waals surface area contributed by atoms with E-state index >= 15 is 0 Å². The molecular formula is C56H36N4. The SMILES string of the molecule is c1cc(-c2cncnc2)cc(-c2cccc(-c3cc(-c4cccc(-c5cccc(-c6cncnc6)c5)c4)cc(-c4ccc5c6ccccc6c6ccccc6c5c4)c3)c2)c1. The summed E-state index contributed by atoms with van der Waals surface area (Å²) < 4.78 is 0. The Balaban J connectivity index is 1.07. The zero-order chi connectivity index (χ0) is 39.8. The van der Waals surface area contributed by atoms with Crippen molar-refractivity contribution in [2.45, 2.75) is 0 Å². The monoisotopic (exact) mass is 764 g/mol. The van der Waals surface area contributed by atoms with Gasteiger partial charge in [-0.2, -0.15) is 0 Å². The molecule has 0 saturated heterocycles. The van der Waals surface area contributed by atoms with Crippen LogP contribution in [0.3, 0.4) is 0 Å². The molecule has 0 bridgehead atoms. The van der Waals surface area contributed by atoms with E-state index in [-0.39, 0.29) is 0 Å². The van der Waals surface area contributed by atoms with Crippen LogP contribution in [0.5, 0.6) is 0 Å². The van der Waals surface area contributed by atoms with E-state index in [0.29, 0.717) is 0 Å². The second kappa shape index (κ2) is 15.0. The van der Waals surface area contributed by atoms with Crippen LogP contribution in [0.15, 0.2) is 219 Å². The van der Waals surface area contributed by atoms with E-state index < -0.39 is 0 Å². The third-order valence-electron chi connectivity index (χ3n) is 11.6. The first kappa shape index (κ1) is 35.1. The van der Waals surface area contributed by atoms with Crippen LogP contribution in [0, 0.1) is 0 Å².